The molecule has 4 rings (SSSR count). The molecular weight excluding hydrogens is 635 g/mol. The van der Waals surface area contributed by atoms with E-state index in [4.69, 9.17) is 0 Å². The second kappa shape index (κ2) is 12.7. The molecule has 0 spiro atoms. The highest BCUT2D eigenvalue weighted by Gasteiger charge is 2.71. The van der Waals surface area contributed by atoms with Gasteiger partial charge in [0.15, 0.2) is 0 Å². The van der Waals surface area contributed by atoms with Crippen molar-refractivity contribution < 1.29 is 59.3 Å². The molecule has 1 aliphatic rings. The van der Waals surface area contributed by atoms with E-state index >= 15 is 0 Å². The number of nitrogens with zero attached hydrogens (tertiary/aromatic N) is 1. The molecule has 1 heterocycles. The first-order chi connectivity index (χ1) is 20.9. The van der Waals surface area contributed by atoms with Gasteiger partial charge in [0.2, 0.25) is 0 Å². The normalized spacial score (nSPS) is 17.5. The van der Waals surface area contributed by atoms with Gasteiger partial charge in [-0.2, -0.15) is 26.3 Å². The van der Waals surface area contributed by atoms with Crippen LogP contribution in [-0.2, 0) is 26.8 Å². The van der Waals surface area contributed by atoms with E-state index in [2.05, 4.69) is 0 Å². The largest absolute Gasteiger partial charge is 0.430 e. The van der Waals surface area contributed by atoms with Crippen molar-refractivity contribution in [2.24, 2.45) is 5.92 Å². The molecule has 3 N–H and O–H groups in total. The number of aliphatic hydroxyl groups is 3. The van der Waals surface area contributed by atoms with Crippen LogP contribution in [-0.4, -0.2) is 54.5 Å². The van der Waals surface area contributed by atoms with Crippen LogP contribution in [0.15, 0.2) is 77.7 Å². The molecule has 0 aromatic heterocycles. The van der Waals surface area contributed by atoms with E-state index in [1.54, 1.807) is 30.3 Å². The maximum atomic E-state index is 13.8. The number of aliphatic hydroxyl groups excluding tert-OH is 2. The highest BCUT2D eigenvalue weighted by molar-refractivity contribution is 7.92. The summed E-state index contributed by atoms with van der Waals surface area (Å²) in [5.41, 5.74) is -7.01. The lowest BCUT2D eigenvalue weighted by molar-refractivity contribution is -0.376. The summed E-state index contributed by atoms with van der Waals surface area (Å²) in [5, 5.41) is 30.5. The Hall–Kier alpha value is -3.53. The standard InChI is InChI=1S/C30H28F7NO6S/c31-22-8-11-25(12-9-22)45(43,44)38-23(16-24(40)15-20(17-39)27(41)18-4-2-1-3-5-18)10-6-19-14-21(7-13-26(19)38)28(42,29(32,33)34)30(35,36)37/h1-5,7-9,11-14,20,23,27,39,41-42H,6,10,15-17H2/t20-,23-,27-/m0/s1. The Balaban J connectivity index is 1.73. The number of hydrogen-bond acceptors (Lipinski definition) is 6. The number of anilines is 1. The van der Waals surface area contributed by atoms with E-state index in [0.717, 1.165) is 24.3 Å². The van der Waals surface area contributed by atoms with Crippen LogP contribution >= 0.6 is 0 Å². The van der Waals surface area contributed by atoms with Crippen LogP contribution in [0.3, 0.4) is 0 Å². The number of aryl methyl sites for hydroxylation is 1. The first-order valence-electron chi connectivity index (χ1n) is 13.6. The molecule has 0 amide bonds. The van der Waals surface area contributed by atoms with Gasteiger partial charge < -0.3 is 15.3 Å². The van der Waals surface area contributed by atoms with Gasteiger partial charge in [0.25, 0.3) is 15.6 Å². The van der Waals surface area contributed by atoms with E-state index in [-0.39, 0.29) is 30.5 Å². The predicted molar refractivity (Wildman–Crippen MR) is 147 cm³/mol. The fourth-order valence-electron chi connectivity index (χ4n) is 5.42. The van der Waals surface area contributed by atoms with Crippen molar-refractivity contribution in [1.82, 2.24) is 0 Å². The summed E-state index contributed by atoms with van der Waals surface area (Å²) in [7, 11) is -4.68. The smallest absolute Gasteiger partial charge is 0.396 e. The highest BCUT2D eigenvalue weighted by atomic mass is 32.2. The van der Waals surface area contributed by atoms with Crippen molar-refractivity contribution in [1.29, 1.82) is 0 Å². The number of rotatable bonds is 10. The van der Waals surface area contributed by atoms with Crippen molar-refractivity contribution >= 4 is 21.5 Å². The summed E-state index contributed by atoms with van der Waals surface area (Å²) in [6.45, 7) is -0.600. The SMILES string of the molecule is O=C(C[C@@H](CO)[C@@H](O)c1ccccc1)C[C@@H]1CCc2cc(C(O)(C(F)(F)F)C(F)(F)F)ccc2N1S(=O)(=O)c1ccc(F)cc1. The van der Waals surface area contributed by atoms with Gasteiger partial charge in [0.05, 0.1) is 22.7 Å². The summed E-state index contributed by atoms with van der Waals surface area (Å²) < 4.78 is 123. The number of Topliss-reactive ketones (excluding diaryl/α,β-unsaturated/α-hetero) is 1. The Morgan fingerprint density at radius 2 is 1.53 bits per heavy atom. The topological polar surface area (TPSA) is 115 Å². The van der Waals surface area contributed by atoms with Gasteiger partial charge in [-0.05, 0) is 54.3 Å². The van der Waals surface area contributed by atoms with Crippen molar-refractivity contribution in [3.63, 3.8) is 0 Å². The van der Waals surface area contributed by atoms with E-state index < -0.39 is 81.1 Å². The van der Waals surface area contributed by atoms with E-state index in [9.17, 15) is 59.3 Å². The molecule has 45 heavy (non-hydrogen) atoms. The van der Waals surface area contributed by atoms with Crippen molar-refractivity contribution in [2.75, 3.05) is 10.9 Å². The number of sulfonamides is 1. The Labute approximate surface area is 253 Å². The van der Waals surface area contributed by atoms with Gasteiger partial charge in [-0.25, -0.2) is 12.8 Å². The first kappa shape index (κ1) is 34.3. The predicted octanol–water partition coefficient (Wildman–Crippen LogP) is 5.34. The molecule has 3 aromatic rings. The highest BCUT2D eigenvalue weighted by Crippen LogP contribution is 2.51. The Morgan fingerprint density at radius 1 is 0.933 bits per heavy atom. The lowest BCUT2D eigenvalue weighted by atomic mass is 9.86. The van der Waals surface area contributed by atoms with Crippen LogP contribution in [0, 0.1) is 11.7 Å². The summed E-state index contributed by atoms with van der Waals surface area (Å²) in [4.78, 5) is 12.7. The number of ketones is 1. The van der Waals surface area contributed by atoms with E-state index in [1.165, 1.54) is 0 Å². The zero-order chi connectivity index (χ0) is 33.4. The number of halogens is 7. The first-order valence-corrected chi connectivity index (χ1v) is 15.0. The lowest BCUT2D eigenvalue weighted by Gasteiger charge is -2.39. The Kier molecular flexibility index (Phi) is 9.69. The van der Waals surface area contributed by atoms with Crippen LogP contribution in [0.5, 0.6) is 0 Å². The van der Waals surface area contributed by atoms with Crippen molar-refractivity contribution in [3.05, 3.63) is 95.3 Å². The molecule has 0 fully saturated rings. The minimum absolute atomic E-state index is 0.232. The van der Waals surface area contributed by atoms with E-state index in [1.807, 2.05) is 0 Å². The third-order valence-corrected chi connectivity index (χ3v) is 9.66. The molecule has 244 valence electrons. The summed E-state index contributed by atoms with van der Waals surface area (Å²) >= 11 is 0. The lowest BCUT2D eigenvalue weighted by Crippen LogP contribution is -2.54. The van der Waals surface area contributed by atoms with Gasteiger partial charge in [0, 0.05) is 30.9 Å². The zero-order valence-electron chi connectivity index (χ0n) is 23.3. The molecule has 0 aliphatic carbocycles. The monoisotopic (exact) mass is 663 g/mol. The number of benzene rings is 3. The van der Waals surface area contributed by atoms with E-state index in [0.29, 0.717) is 28.1 Å². The second-order valence-corrected chi connectivity index (χ2v) is 12.6. The van der Waals surface area contributed by atoms with Crippen LogP contribution in [0.1, 0.15) is 42.1 Å². The van der Waals surface area contributed by atoms with Crippen molar-refractivity contribution in [3.8, 4) is 0 Å². The minimum Gasteiger partial charge on any atom is -0.396 e. The molecule has 0 saturated carbocycles. The van der Waals surface area contributed by atoms with Gasteiger partial charge in [0.1, 0.15) is 11.6 Å². The summed E-state index contributed by atoms with van der Waals surface area (Å²) in [5.74, 6) is -2.34. The van der Waals surface area contributed by atoms with Crippen LogP contribution < -0.4 is 4.31 Å². The second-order valence-electron chi connectivity index (χ2n) is 10.7. The molecular formula is C30H28F7NO6S. The quantitative estimate of drug-likeness (QED) is 0.253. The van der Waals surface area contributed by atoms with Gasteiger partial charge in [-0.15, -0.1) is 0 Å². The number of carbonyl (C=O) groups excluding carboxylic acids is 1. The van der Waals surface area contributed by atoms with Gasteiger partial charge >= 0.3 is 12.4 Å². The maximum Gasteiger partial charge on any atom is 0.430 e. The van der Waals surface area contributed by atoms with Gasteiger partial charge in [-0.3, -0.25) is 9.10 Å². The number of hydrogen-bond donors (Lipinski definition) is 3. The fourth-order valence-corrected chi connectivity index (χ4v) is 7.13. The van der Waals surface area contributed by atoms with Crippen molar-refractivity contribution in [2.45, 2.75) is 60.7 Å². The molecule has 3 atom stereocenters. The average molecular weight is 664 g/mol. The molecule has 15 heteroatoms. The van der Waals surface area contributed by atoms with Gasteiger partial charge in [-0.1, -0.05) is 42.5 Å². The summed E-state index contributed by atoms with van der Waals surface area (Å²) in [6, 6.07) is 11.9. The van der Waals surface area contributed by atoms with Crippen LogP contribution in [0.25, 0.3) is 0 Å². The number of fused-ring (bicyclic) bond motifs is 1. The molecule has 0 bridgehead atoms. The van der Waals surface area contributed by atoms with Crippen LogP contribution in [0.2, 0.25) is 0 Å². The molecule has 0 radical (unpaired) electrons. The molecule has 3 aromatic carbocycles. The minimum atomic E-state index is -6.17. The zero-order valence-corrected chi connectivity index (χ0v) is 24.1. The Bertz CT molecular complexity index is 1600. The maximum absolute atomic E-state index is 13.8. The molecule has 0 saturated heterocycles. The Morgan fingerprint density at radius 3 is 2.09 bits per heavy atom. The molecule has 1 aliphatic heterocycles. The fraction of sp³-hybridized carbons (Fsp3) is 0.367. The average Bonchev–Trinajstić information content (AvgIpc) is 2.98. The van der Waals surface area contributed by atoms with Crippen LogP contribution in [0.4, 0.5) is 36.4 Å². The number of carbonyl (C=O) groups is 1. The number of alkyl halides is 6. The molecule has 0 unspecified atom stereocenters. The third-order valence-electron chi connectivity index (χ3n) is 7.78. The third kappa shape index (κ3) is 6.71. The summed E-state index contributed by atoms with van der Waals surface area (Å²) in [6.07, 6.45) is -15.0. The molecule has 7 nitrogen and oxygen atoms in total.